The largest absolute Gasteiger partial charge is 0.369 e. The molecule has 0 saturated carbocycles. The molecule has 3 aromatic rings. The second kappa shape index (κ2) is 6.49. The molecule has 0 aliphatic carbocycles. The van der Waals surface area contributed by atoms with Gasteiger partial charge in [0.05, 0.1) is 35.6 Å². The molecule has 0 bridgehead atoms. The van der Waals surface area contributed by atoms with Crippen LogP contribution in [0.1, 0.15) is 17.1 Å². The van der Waals surface area contributed by atoms with Gasteiger partial charge in [0.2, 0.25) is 0 Å². The molecular weight excluding hydrogens is 298 g/mol. The third-order valence-corrected chi connectivity index (χ3v) is 4.19. The number of aromatic nitrogens is 5. The van der Waals surface area contributed by atoms with Crippen molar-refractivity contribution in [2.24, 2.45) is 0 Å². The lowest BCUT2D eigenvalue weighted by Crippen LogP contribution is -2.07. The fraction of sp³-hybridized carbons (Fsp3) is 0.357. The summed E-state index contributed by atoms with van der Waals surface area (Å²) in [5.74, 6) is 0.765. The van der Waals surface area contributed by atoms with E-state index in [2.05, 4.69) is 36.8 Å². The molecule has 0 spiro atoms. The molecule has 3 heterocycles. The maximum absolute atomic E-state index is 8.68. The fourth-order valence-corrected chi connectivity index (χ4v) is 2.93. The van der Waals surface area contributed by atoms with E-state index in [0.29, 0.717) is 13.0 Å². The van der Waals surface area contributed by atoms with Crippen LogP contribution in [0.15, 0.2) is 17.9 Å². The van der Waals surface area contributed by atoms with Crippen LogP contribution in [-0.2, 0) is 13.0 Å². The Morgan fingerprint density at radius 2 is 2.32 bits per heavy atom. The zero-order valence-corrected chi connectivity index (χ0v) is 13.0. The van der Waals surface area contributed by atoms with Gasteiger partial charge in [-0.2, -0.15) is 10.4 Å². The summed E-state index contributed by atoms with van der Waals surface area (Å²) in [6.45, 7) is 3.29. The van der Waals surface area contributed by atoms with Crippen LogP contribution in [0.4, 0.5) is 5.82 Å². The molecule has 112 valence electrons. The van der Waals surface area contributed by atoms with Crippen molar-refractivity contribution in [1.29, 1.82) is 5.26 Å². The smallest absolute Gasteiger partial charge is 0.163 e. The maximum Gasteiger partial charge on any atom is 0.163 e. The molecule has 0 aliphatic heterocycles. The normalized spacial score (nSPS) is 10.7. The molecule has 0 amide bonds. The highest BCUT2D eigenvalue weighted by molar-refractivity contribution is 7.09. The number of rotatable bonds is 6. The molecule has 3 rings (SSSR count). The summed E-state index contributed by atoms with van der Waals surface area (Å²) in [6.07, 6.45) is 4.52. The van der Waals surface area contributed by atoms with Gasteiger partial charge in [-0.1, -0.05) is 0 Å². The lowest BCUT2D eigenvalue weighted by molar-refractivity contribution is 0.643. The minimum Gasteiger partial charge on any atom is -0.369 e. The maximum atomic E-state index is 8.68. The highest BCUT2D eigenvalue weighted by atomic mass is 32.1. The molecule has 0 unspecified atom stereocenters. The van der Waals surface area contributed by atoms with Gasteiger partial charge in [0.1, 0.15) is 12.1 Å². The summed E-state index contributed by atoms with van der Waals surface area (Å²) < 4.78 is 1.73. The molecule has 22 heavy (non-hydrogen) atoms. The van der Waals surface area contributed by atoms with Gasteiger partial charge in [-0.3, -0.25) is 0 Å². The van der Waals surface area contributed by atoms with Crippen LogP contribution in [0.25, 0.3) is 11.0 Å². The first kappa shape index (κ1) is 14.4. The molecule has 0 atom stereocenters. The van der Waals surface area contributed by atoms with Gasteiger partial charge in [0.25, 0.3) is 0 Å². The lowest BCUT2D eigenvalue weighted by Gasteiger charge is -2.05. The van der Waals surface area contributed by atoms with Gasteiger partial charge in [-0.15, -0.1) is 11.3 Å². The Morgan fingerprint density at radius 3 is 3.09 bits per heavy atom. The van der Waals surface area contributed by atoms with Crippen LogP contribution < -0.4 is 5.32 Å². The summed E-state index contributed by atoms with van der Waals surface area (Å²) in [7, 11) is 0. The van der Waals surface area contributed by atoms with E-state index in [4.69, 9.17) is 5.26 Å². The van der Waals surface area contributed by atoms with Crippen LogP contribution in [0.5, 0.6) is 0 Å². The number of nitrogens with zero attached hydrogens (tertiary/aromatic N) is 6. The van der Waals surface area contributed by atoms with Crippen molar-refractivity contribution in [3.8, 4) is 6.07 Å². The number of thiazole rings is 1. The summed E-state index contributed by atoms with van der Waals surface area (Å²) >= 11 is 1.67. The molecule has 0 saturated heterocycles. The van der Waals surface area contributed by atoms with E-state index in [1.54, 1.807) is 22.2 Å². The van der Waals surface area contributed by atoms with Crippen LogP contribution in [0, 0.1) is 18.3 Å². The highest BCUT2D eigenvalue weighted by Crippen LogP contribution is 2.19. The van der Waals surface area contributed by atoms with Gasteiger partial charge in [0, 0.05) is 24.0 Å². The first-order valence-electron chi connectivity index (χ1n) is 6.96. The molecule has 7 nitrogen and oxygen atoms in total. The average Bonchev–Trinajstić information content (AvgIpc) is 3.12. The predicted molar refractivity (Wildman–Crippen MR) is 84.6 cm³/mol. The van der Waals surface area contributed by atoms with Crippen molar-refractivity contribution < 1.29 is 0 Å². The molecule has 0 aromatic carbocycles. The zero-order valence-electron chi connectivity index (χ0n) is 12.2. The van der Waals surface area contributed by atoms with E-state index < -0.39 is 0 Å². The third kappa shape index (κ3) is 3.04. The Hall–Kier alpha value is -2.53. The zero-order chi connectivity index (χ0) is 15.4. The van der Waals surface area contributed by atoms with E-state index in [1.165, 1.54) is 6.33 Å². The lowest BCUT2D eigenvalue weighted by atomic mass is 10.3. The molecule has 1 N–H and O–H groups in total. The van der Waals surface area contributed by atoms with Crippen LogP contribution in [0.2, 0.25) is 0 Å². The molecular formula is C14H15N7S. The first-order chi connectivity index (χ1) is 10.8. The molecule has 3 aromatic heterocycles. The minimum atomic E-state index is 0.410. The van der Waals surface area contributed by atoms with Crippen LogP contribution >= 0.6 is 11.3 Å². The third-order valence-electron chi connectivity index (χ3n) is 3.17. The Morgan fingerprint density at radius 1 is 1.41 bits per heavy atom. The minimum absolute atomic E-state index is 0.410. The number of aryl methyl sites for hydroxylation is 2. The molecule has 0 aliphatic rings. The Balaban J connectivity index is 1.71. The van der Waals surface area contributed by atoms with Crippen molar-refractivity contribution in [3.05, 3.63) is 28.6 Å². The number of nitrogens with one attached hydrogen (secondary N) is 1. The molecule has 8 heteroatoms. The van der Waals surface area contributed by atoms with E-state index in [0.717, 1.165) is 40.5 Å². The standard InChI is InChI=1S/C14H15N7S/c1-10-8-22-12(20-10)3-5-16-13-11-7-19-21(6-2-4-15)14(11)18-9-17-13/h7-9H,2-3,5-6H2,1H3,(H,16,17,18). The van der Waals surface area contributed by atoms with Crippen molar-refractivity contribution >= 4 is 28.2 Å². The highest BCUT2D eigenvalue weighted by Gasteiger charge is 2.09. The monoisotopic (exact) mass is 313 g/mol. The van der Waals surface area contributed by atoms with E-state index in [-0.39, 0.29) is 0 Å². The van der Waals surface area contributed by atoms with Gasteiger partial charge in [-0.05, 0) is 6.92 Å². The van der Waals surface area contributed by atoms with Crippen molar-refractivity contribution in [3.63, 3.8) is 0 Å². The summed E-state index contributed by atoms with van der Waals surface area (Å²) in [5.41, 5.74) is 1.81. The van der Waals surface area contributed by atoms with Crippen LogP contribution in [0.3, 0.4) is 0 Å². The van der Waals surface area contributed by atoms with Gasteiger partial charge < -0.3 is 5.32 Å². The van der Waals surface area contributed by atoms with Crippen molar-refractivity contribution in [2.75, 3.05) is 11.9 Å². The van der Waals surface area contributed by atoms with Gasteiger partial charge >= 0.3 is 0 Å². The Bertz CT molecular complexity index is 814. The number of anilines is 1. The second-order valence-corrected chi connectivity index (χ2v) is 5.74. The van der Waals surface area contributed by atoms with Gasteiger partial charge in [0.15, 0.2) is 5.65 Å². The number of hydrogen-bond donors (Lipinski definition) is 1. The topological polar surface area (TPSA) is 92.3 Å². The fourth-order valence-electron chi connectivity index (χ4n) is 2.16. The number of fused-ring (bicyclic) bond motifs is 1. The number of hydrogen-bond acceptors (Lipinski definition) is 7. The first-order valence-corrected chi connectivity index (χ1v) is 7.84. The summed E-state index contributed by atoms with van der Waals surface area (Å²) in [6, 6.07) is 2.11. The quantitative estimate of drug-likeness (QED) is 0.749. The molecule has 0 radical (unpaired) electrons. The Kier molecular flexibility index (Phi) is 4.25. The van der Waals surface area contributed by atoms with Gasteiger partial charge in [-0.25, -0.2) is 19.6 Å². The van der Waals surface area contributed by atoms with E-state index >= 15 is 0 Å². The summed E-state index contributed by atoms with van der Waals surface area (Å²) in [4.78, 5) is 13.0. The number of nitriles is 1. The van der Waals surface area contributed by atoms with Crippen molar-refractivity contribution in [1.82, 2.24) is 24.7 Å². The van der Waals surface area contributed by atoms with E-state index in [9.17, 15) is 0 Å². The molecule has 0 fully saturated rings. The van der Waals surface area contributed by atoms with Crippen LogP contribution in [-0.4, -0.2) is 31.3 Å². The predicted octanol–water partition coefficient (Wildman–Crippen LogP) is 2.16. The summed E-state index contributed by atoms with van der Waals surface area (Å²) in [5, 5.41) is 20.3. The van der Waals surface area contributed by atoms with Crippen molar-refractivity contribution in [2.45, 2.75) is 26.3 Å². The Labute approximate surface area is 131 Å². The average molecular weight is 313 g/mol. The van der Waals surface area contributed by atoms with E-state index in [1.807, 2.05) is 6.92 Å². The second-order valence-electron chi connectivity index (χ2n) is 4.79. The SMILES string of the molecule is Cc1csc(CCNc2ncnc3c2cnn3CCC#N)n1.